The number of rotatable bonds is 6. The zero-order chi connectivity index (χ0) is 11.3. The van der Waals surface area contributed by atoms with Crippen molar-refractivity contribution in [2.75, 3.05) is 0 Å². The summed E-state index contributed by atoms with van der Waals surface area (Å²) in [5, 5.41) is 8.32. The first-order chi connectivity index (χ1) is 6.99. The van der Waals surface area contributed by atoms with Gasteiger partial charge in [-0.1, -0.05) is 25.7 Å². The van der Waals surface area contributed by atoms with Crippen molar-refractivity contribution in [3.63, 3.8) is 0 Å². The molecule has 0 radical (unpaired) electrons. The number of aliphatic carboxylic acids is 1. The Kier molecular flexibility index (Phi) is 4.48. The Bertz CT molecular complexity index is 211. The summed E-state index contributed by atoms with van der Waals surface area (Å²) in [6.45, 7) is 0. The molecule has 0 heterocycles. The van der Waals surface area contributed by atoms with Gasteiger partial charge in [0, 0.05) is 12.8 Å². The SMILES string of the molecule is O=C(O)CCC(F)(F)CCC1CCCC1. The highest BCUT2D eigenvalue weighted by Crippen LogP contribution is 2.34. The van der Waals surface area contributed by atoms with Crippen LogP contribution in [0.5, 0.6) is 0 Å². The minimum atomic E-state index is -2.79. The predicted octanol–water partition coefficient (Wildman–Crippen LogP) is 3.46. The van der Waals surface area contributed by atoms with Gasteiger partial charge in [-0.15, -0.1) is 0 Å². The van der Waals surface area contributed by atoms with Crippen molar-refractivity contribution >= 4 is 5.97 Å². The third kappa shape index (κ3) is 5.09. The molecular formula is C11H18F2O2. The maximum Gasteiger partial charge on any atom is 0.303 e. The first kappa shape index (κ1) is 12.4. The molecule has 0 spiro atoms. The van der Waals surface area contributed by atoms with Crippen LogP contribution in [0.2, 0.25) is 0 Å². The number of alkyl halides is 2. The number of carboxylic acids is 1. The highest BCUT2D eigenvalue weighted by Gasteiger charge is 2.30. The Morgan fingerprint density at radius 2 is 1.87 bits per heavy atom. The first-order valence-corrected chi connectivity index (χ1v) is 5.59. The molecule has 1 aliphatic rings. The highest BCUT2D eigenvalue weighted by atomic mass is 19.3. The average molecular weight is 220 g/mol. The summed E-state index contributed by atoms with van der Waals surface area (Å²) in [6.07, 6.45) is 3.89. The fourth-order valence-corrected chi connectivity index (χ4v) is 2.13. The van der Waals surface area contributed by atoms with Gasteiger partial charge < -0.3 is 5.11 Å². The number of halogens is 2. The van der Waals surface area contributed by atoms with E-state index in [1.807, 2.05) is 0 Å². The van der Waals surface area contributed by atoms with E-state index < -0.39 is 24.7 Å². The molecule has 4 heteroatoms. The van der Waals surface area contributed by atoms with Gasteiger partial charge in [-0.05, 0) is 12.3 Å². The summed E-state index contributed by atoms with van der Waals surface area (Å²) in [7, 11) is 0. The molecule has 0 aliphatic heterocycles. The molecule has 1 fully saturated rings. The van der Waals surface area contributed by atoms with Gasteiger partial charge in [-0.2, -0.15) is 0 Å². The van der Waals surface area contributed by atoms with E-state index in [0.717, 1.165) is 25.7 Å². The van der Waals surface area contributed by atoms with Crippen LogP contribution >= 0.6 is 0 Å². The minimum absolute atomic E-state index is 0.148. The number of hydrogen-bond donors (Lipinski definition) is 1. The van der Waals surface area contributed by atoms with Gasteiger partial charge in [0.05, 0.1) is 6.42 Å². The number of hydrogen-bond acceptors (Lipinski definition) is 1. The number of carbonyl (C=O) groups is 1. The minimum Gasteiger partial charge on any atom is -0.481 e. The molecule has 0 bridgehead atoms. The topological polar surface area (TPSA) is 37.3 Å². The van der Waals surface area contributed by atoms with Crippen LogP contribution in [0.1, 0.15) is 51.4 Å². The number of carboxylic acid groups (broad SMARTS) is 1. The zero-order valence-electron chi connectivity index (χ0n) is 8.85. The fraction of sp³-hybridized carbons (Fsp3) is 0.909. The molecule has 0 aromatic rings. The van der Waals surface area contributed by atoms with Crippen LogP contribution in [-0.2, 0) is 4.79 Å². The van der Waals surface area contributed by atoms with E-state index >= 15 is 0 Å². The van der Waals surface area contributed by atoms with Gasteiger partial charge >= 0.3 is 5.97 Å². The Morgan fingerprint density at radius 1 is 1.27 bits per heavy atom. The van der Waals surface area contributed by atoms with Crippen molar-refractivity contribution < 1.29 is 18.7 Å². The molecule has 1 aliphatic carbocycles. The van der Waals surface area contributed by atoms with E-state index in [0.29, 0.717) is 12.3 Å². The molecular weight excluding hydrogens is 202 g/mol. The third-order valence-corrected chi connectivity index (χ3v) is 3.10. The Morgan fingerprint density at radius 3 is 2.40 bits per heavy atom. The van der Waals surface area contributed by atoms with E-state index in [4.69, 9.17) is 5.11 Å². The lowest BCUT2D eigenvalue weighted by atomic mass is 9.97. The Hall–Kier alpha value is -0.670. The fourth-order valence-electron chi connectivity index (χ4n) is 2.13. The molecule has 0 saturated heterocycles. The smallest absolute Gasteiger partial charge is 0.303 e. The van der Waals surface area contributed by atoms with Crippen LogP contribution in [0.3, 0.4) is 0 Å². The highest BCUT2D eigenvalue weighted by molar-refractivity contribution is 5.66. The lowest BCUT2D eigenvalue weighted by Crippen LogP contribution is -2.18. The zero-order valence-corrected chi connectivity index (χ0v) is 8.85. The van der Waals surface area contributed by atoms with Crippen molar-refractivity contribution in [3.05, 3.63) is 0 Å². The third-order valence-electron chi connectivity index (χ3n) is 3.10. The van der Waals surface area contributed by atoms with Crippen molar-refractivity contribution in [1.82, 2.24) is 0 Å². The molecule has 0 aromatic heterocycles. The van der Waals surface area contributed by atoms with Crippen molar-refractivity contribution in [2.45, 2.75) is 57.3 Å². The van der Waals surface area contributed by atoms with Crippen LogP contribution < -0.4 is 0 Å². The molecule has 1 rings (SSSR count). The van der Waals surface area contributed by atoms with E-state index in [2.05, 4.69) is 0 Å². The quantitative estimate of drug-likeness (QED) is 0.744. The van der Waals surface area contributed by atoms with E-state index in [1.54, 1.807) is 0 Å². The summed E-state index contributed by atoms with van der Waals surface area (Å²) in [5.41, 5.74) is 0. The van der Waals surface area contributed by atoms with Gasteiger partial charge in [0.15, 0.2) is 0 Å². The van der Waals surface area contributed by atoms with Gasteiger partial charge in [0.1, 0.15) is 0 Å². The molecule has 0 atom stereocenters. The maximum absolute atomic E-state index is 13.2. The Labute approximate surface area is 88.7 Å². The maximum atomic E-state index is 13.2. The summed E-state index contributed by atoms with van der Waals surface area (Å²) in [4.78, 5) is 10.2. The summed E-state index contributed by atoms with van der Waals surface area (Å²) in [6, 6.07) is 0. The molecule has 1 N–H and O–H groups in total. The van der Waals surface area contributed by atoms with E-state index in [-0.39, 0.29) is 6.42 Å². The Balaban J connectivity index is 2.19. The summed E-state index contributed by atoms with van der Waals surface area (Å²) in [5.74, 6) is -3.49. The molecule has 0 unspecified atom stereocenters. The van der Waals surface area contributed by atoms with Gasteiger partial charge in [0.25, 0.3) is 0 Å². The summed E-state index contributed by atoms with van der Waals surface area (Å²) < 4.78 is 26.3. The second-order valence-corrected chi connectivity index (χ2v) is 4.44. The van der Waals surface area contributed by atoms with Crippen molar-refractivity contribution in [3.8, 4) is 0 Å². The van der Waals surface area contributed by atoms with Crippen LogP contribution in [0.25, 0.3) is 0 Å². The molecule has 88 valence electrons. The predicted molar refractivity (Wildman–Crippen MR) is 53.0 cm³/mol. The van der Waals surface area contributed by atoms with Crippen LogP contribution in [0.4, 0.5) is 8.78 Å². The van der Waals surface area contributed by atoms with Crippen LogP contribution in [0, 0.1) is 5.92 Å². The van der Waals surface area contributed by atoms with Gasteiger partial charge in [0.2, 0.25) is 5.92 Å². The van der Waals surface area contributed by atoms with Crippen molar-refractivity contribution in [2.24, 2.45) is 5.92 Å². The second-order valence-electron chi connectivity index (χ2n) is 4.44. The van der Waals surface area contributed by atoms with Gasteiger partial charge in [-0.25, -0.2) is 8.78 Å². The normalized spacial score (nSPS) is 18.3. The standard InChI is InChI=1S/C11H18F2O2/c12-11(13,8-6-10(14)15)7-5-9-3-1-2-4-9/h9H,1-8H2,(H,14,15). The lowest BCUT2D eigenvalue weighted by molar-refractivity contribution is -0.139. The lowest BCUT2D eigenvalue weighted by Gasteiger charge is -2.17. The summed E-state index contributed by atoms with van der Waals surface area (Å²) >= 11 is 0. The van der Waals surface area contributed by atoms with Crippen molar-refractivity contribution in [1.29, 1.82) is 0 Å². The van der Waals surface area contributed by atoms with Crippen LogP contribution in [-0.4, -0.2) is 17.0 Å². The van der Waals surface area contributed by atoms with E-state index in [9.17, 15) is 13.6 Å². The second kappa shape index (κ2) is 5.42. The largest absolute Gasteiger partial charge is 0.481 e. The molecule has 0 amide bonds. The first-order valence-electron chi connectivity index (χ1n) is 5.59. The average Bonchev–Trinajstić information content (AvgIpc) is 2.65. The van der Waals surface area contributed by atoms with Crippen LogP contribution in [0.15, 0.2) is 0 Å². The molecule has 2 nitrogen and oxygen atoms in total. The van der Waals surface area contributed by atoms with E-state index in [1.165, 1.54) is 0 Å². The molecule has 15 heavy (non-hydrogen) atoms. The van der Waals surface area contributed by atoms with Gasteiger partial charge in [-0.3, -0.25) is 4.79 Å². The molecule has 1 saturated carbocycles. The monoisotopic (exact) mass is 220 g/mol. The molecule has 0 aromatic carbocycles.